The van der Waals surface area contributed by atoms with Gasteiger partial charge in [0, 0.05) is 98.5 Å². The van der Waals surface area contributed by atoms with Crippen molar-refractivity contribution >= 4 is 142 Å². The Balaban J connectivity index is 0.000000104. The molecule has 6 heteroatoms. The van der Waals surface area contributed by atoms with Crippen LogP contribution in [0.5, 0.6) is 0 Å². The number of fused-ring (bicyclic) bond motifs is 19. The van der Waals surface area contributed by atoms with Gasteiger partial charge in [0.25, 0.3) is 0 Å². The molecular formula is C112H74N6. The minimum atomic E-state index is 1.18. The standard InChI is InChI=1S/C40H26N2.2C36H24N2/c1-2-13-30(14-3-1)41-37-18-8-6-16-32(37)34-25-28(21-23-39(34)41)29-22-24-40-35(26-29)33-17-7-9-19-38(33)42(40)36-20-10-12-27-11-4-5-15-31(27)36;1-3-13-25(14-4-1)37-31-21-9-7-17-29(31)35-27(19-11-23-33(35)37)28-20-12-24-34-36(28)30-18-8-10-22-32(30)38(34)26-15-5-2-6-16-26;1-3-12-26(13-4-1)37-32-19-9-7-16-29(32)31-24-25(22-23-34(31)37)28-18-11-21-35-36(28)30-17-8-10-20-33(30)38(35)27-14-5-2-6-15-27/h1-26H;2*1-24H. The van der Waals surface area contributed by atoms with Crippen molar-refractivity contribution in [1.82, 2.24) is 27.4 Å². The molecule has 0 spiro atoms. The van der Waals surface area contributed by atoms with Crippen LogP contribution < -0.4 is 0 Å². The van der Waals surface area contributed by atoms with Gasteiger partial charge in [-0.1, -0.05) is 291 Å². The van der Waals surface area contributed by atoms with Gasteiger partial charge < -0.3 is 27.4 Å². The van der Waals surface area contributed by atoms with E-state index in [4.69, 9.17) is 0 Å². The summed E-state index contributed by atoms with van der Waals surface area (Å²) in [6.07, 6.45) is 0. The molecule has 6 aromatic heterocycles. The molecule has 6 nitrogen and oxygen atoms in total. The lowest BCUT2D eigenvalue weighted by Gasteiger charge is -2.12. The van der Waals surface area contributed by atoms with Crippen LogP contribution in [0.1, 0.15) is 0 Å². The summed E-state index contributed by atoms with van der Waals surface area (Å²) < 4.78 is 14.3. The fourth-order valence-corrected chi connectivity index (χ4v) is 19.1. The predicted octanol–water partition coefficient (Wildman–Crippen LogP) is 29.8. The van der Waals surface area contributed by atoms with Gasteiger partial charge in [0.1, 0.15) is 0 Å². The molecule has 0 bridgehead atoms. The van der Waals surface area contributed by atoms with Gasteiger partial charge in [0.15, 0.2) is 0 Å². The van der Waals surface area contributed by atoms with Crippen LogP contribution in [0.4, 0.5) is 0 Å². The first-order valence-corrected chi connectivity index (χ1v) is 40.6. The second kappa shape index (κ2) is 28.1. The first kappa shape index (κ1) is 67.9. The summed E-state index contributed by atoms with van der Waals surface area (Å²) in [5.41, 5.74) is 29.2. The molecule has 0 saturated heterocycles. The second-order valence-electron chi connectivity index (χ2n) is 30.6. The minimum Gasteiger partial charge on any atom is -0.309 e. The van der Waals surface area contributed by atoms with Gasteiger partial charge in [-0.3, -0.25) is 0 Å². The lowest BCUT2D eigenvalue weighted by molar-refractivity contribution is 1.18. The Morgan fingerprint density at radius 2 is 0.364 bits per heavy atom. The smallest absolute Gasteiger partial charge is 0.0547 e. The molecule has 0 fully saturated rings. The summed E-state index contributed by atoms with van der Waals surface area (Å²) in [4.78, 5) is 0. The van der Waals surface area contributed by atoms with E-state index in [1.54, 1.807) is 0 Å². The van der Waals surface area contributed by atoms with Crippen molar-refractivity contribution in [3.05, 3.63) is 449 Å². The summed E-state index contributed by atoms with van der Waals surface area (Å²) in [5, 5.41) is 17.8. The quantitative estimate of drug-likeness (QED) is 0.138. The third kappa shape index (κ3) is 11.0. The zero-order chi connectivity index (χ0) is 77.7. The van der Waals surface area contributed by atoms with E-state index in [9.17, 15) is 0 Å². The zero-order valence-corrected chi connectivity index (χ0v) is 64.4. The Morgan fingerprint density at radius 1 is 0.127 bits per heavy atom. The van der Waals surface area contributed by atoms with E-state index in [-0.39, 0.29) is 0 Å². The van der Waals surface area contributed by atoms with Crippen LogP contribution in [0.15, 0.2) is 449 Å². The molecule has 0 radical (unpaired) electrons. The van der Waals surface area contributed by atoms with Crippen molar-refractivity contribution in [1.29, 1.82) is 0 Å². The molecule has 6 heterocycles. The van der Waals surface area contributed by atoms with E-state index >= 15 is 0 Å². The molecule has 0 amide bonds. The van der Waals surface area contributed by atoms with E-state index in [1.165, 1.54) is 209 Å². The van der Waals surface area contributed by atoms with Crippen molar-refractivity contribution in [3.8, 4) is 67.5 Å². The lowest BCUT2D eigenvalue weighted by Crippen LogP contribution is -1.95. The largest absolute Gasteiger partial charge is 0.309 e. The summed E-state index contributed by atoms with van der Waals surface area (Å²) in [5.74, 6) is 0. The highest BCUT2D eigenvalue weighted by molar-refractivity contribution is 6.23. The van der Waals surface area contributed by atoms with Gasteiger partial charge in [-0.05, 0) is 196 Å². The first-order valence-electron chi connectivity index (χ1n) is 40.6. The van der Waals surface area contributed by atoms with E-state index in [2.05, 4.69) is 476 Å². The average Bonchev–Trinajstić information content (AvgIpc) is 1.56. The van der Waals surface area contributed by atoms with Crippen molar-refractivity contribution in [2.75, 3.05) is 0 Å². The maximum Gasteiger partial charge on any atom is 0.0547 e. The molecule has 0 saturated carbocycles. The predicted molar refractivity (Wildman–Crippen MR) is 499 cm³/mol. The molecule has 0 atom stereocenters. The van der Waals surface area contributed by atoms with Gasteiger partial charge in [-0.15, -0.1) is 0 Å². The molecule has 0 unspecified atom stereocenters. The summed E-state index contributed by atoms with van der Waals surface area (Å²) in [6, 6.07) is 162. The maximum atomic E-state index is 2.42. The SMILES string of the molecule is c1ccc(-n2c3ccccc3c3c(-c4cccc5c4c4ccccc4n5-c4ccccc4)cccc32)cc1.c1ccc(-n2c3ccccc3c3cc(-c4ccc5c(c4)c4ccccc4n5-c4cccc5ccccc45)ccc32)cc1.c1ccc(-n2c3ccccc3c3cc(-c4cccc5c4c4ccccc4n5-c4ccccc4)ccc32)cc1. The van der Waals surface area contributed by atoms with Gasteiger partial charge in [0.2, 0.25) is 0 Å². The number of para-hydroxylation sites is 11. The highest BCUT2D eigenvalue weighted by Gasteiger charge is 2.24. The van der Waals surface area contributed by atoms with Gasteiger partial charge >= 0.3 is 0 Å². The maximum absolute atomic E-state index is 2.42. The molecule has 0 aliphatic heterocycles. The number of benzene rings is 19. The van der Waals surface area contributed by atoms with Crippen molar-refractivity contribution < 1.29 is 0 Å². The Kier molecular flexibility index (Phi) is 16.2. The molecule has 25 rings (SSSR count). The third-order valence-corrected chi connectivity index (χ3v) is 24.1. The van der Waals surface area contributed by atoms with E-state index in [0.29, 0.717) is 0 Å². The van der Waals surface area contributed by atoms with Crippen LogP contribution >= 0.6 is 0 Å². The van der Waals surface area contributed by atoms with Gasteiger partial charge in [0.05, 0.1) is 71.9 Å². The van der Waals surface area contributed by atoms with Crippen molar-refractivity contribution in [3.63, 3.8) is 0 Å². The number of hydrogen-bond donors (Lipinski definition) is 0. The fourth-order valence-electron chi connectivity index (χ4n) is 19.1. The second-order valence-corrected chi connectivity index (χ2v) is 30.6. The number of nitrogens with zero attached hydrogens (tertiary/aromatic N) is 6. The molecular weight excluding hydrogens is 1430 g/mol. The zero-order valence-electron chi connectivity index (χ0n) is 64.4. The van der Waals surface area contributed by atoms with E-state index in [1.807, 2.05) is 0 Å². The Hall–Kier alpha value is -15.8. The summed E-state index contributed by atoms with van der Waals surface area (Å²) >= 11 is 0. The van der Waals surface area contributed by atoms with Crippen molar-refractivity contribution in [2.24, 2.45) is 0 Å². The van der Waals surface area contributed by atoms with Crippen LogP contribution in [0.3, 0.4) is 0 Å². The molecule has 19 aromatic carbocycles. The molecule has 0 aliphatic carbocycles. The number of rotatable bonds is 9. The lowest BCUT2D eigenvalue weighted by atomic mass is 9.95. The van der Waals surface area contributed by atoms with Crippen molar-refractivity contribution in [2.45, 2.75) is 0 Å². The number of aromatic nitrogens is 6. The van der Waals surface area contributed by atoms with Crippen LogP contribution in [0, 0.1) is 0 Å². The Morgan fingerprint density at radius 3 is 0.746 bits per heavy atom. The Labute approximate surface area is 680 Å². The van der Waals surface area contributed by atoms with E-state index in [0.717, 1.165) is 0 Å². The number of hydrogen-bond acceptors (Lipinski definition) is 0. The van der Waals surface area contributed by atoms with Crippen LogP contribution in [0.2, 0.25) is 0 Å². The monoisotopic (exact) mass is 1500 g/mol. The highest BCUT2D eigenvalue weighted by atomic mass is 15.0. The highest BCUT2D eigenvalue weighted by Crippen LogP contribution is 2.47. The average molecular weight is 1500 g/mol. The van der Waals surface area contributed by atoms with Crippen LogP contribution in [-0.4, -0.2) is 27.4 Å². The van der Waals surface area contributed by atoms with Gasteiger partial charge in [-0.2, -0.15) is 0 Å². The first-order chi connectivity index (χ1) is 58.6. The summed E-state index contributed by atoms with van der Waals surface area (Å²) in [7, 11) is 0. The minimum absolute atomic E-state index is 1.18. The summed E-state index contributed by atoms with van der Waals surface area (Å²) in [6.45, 7) is 0. The topological polar surface area (TPSA) is 29.6 Å². The fraction of sp³-hybridized carbons (Fsp3) is 0. The normalized spacial score (nSPS) is 11.7. The third-order valence-electron chi connectivity index (χ3n) is 24.1. The molecule has 552 valence electrons. The molecule has 25 aromatic rings. The molecule has 0 aliphatic rings. The Bertz CT molecular complexity index is 8060. The molecule has 0 N–H and O–H groups in total. The molecule has 118 heavy (non-hydrogen) atoms. The van der Waals surface area contributed by atoms with Crippen LogP contribution in [-0.2, 0) is 0 Å². The van der Waals surface area contributed by atoms with Gasteiger partial charge in [-0.25, -0.2) is 0 Å². The van der Waals surface area contributed by atoms with E-state index < -0.39 is 0 Å². The van der Waals surface area contributed by atoms with Crippen LogP contribution in [0.25, 0.3) is 209 Å².